The minimum Gasteiger partial charge on any atom is -0.491 e. The van der Waals surface area contributed by atoms with Crippen LogP contribution >= 0.6 is 0 Å². The summed E-state index contributed by atoms with van der Waals surface area (Å²) in [6.07, 6.45) is -0.104. The third kappa shape index (κ3) is 3.94. The minimum absolute atomic E-state index is 0.104. The first-order valence-corrected chi connectivity index (χ1v) is 7.64. The maximum absolute atomic E-state index is 14.4. The summed E-state index contributed by atoms with van der Waals surface area (Å²) in [5, 5.41) is 12.4. The van der Waals surface area contributed by atoms with E-state index in [1.165, 1.54) is 0 Å². The standard InChI is InChI=1S/C16H24F2N2O2/c1-12(2)22-14-6-4-3-5-13(14)15(16(17,18)11-21)20-9-7-19-8-10-20/h3-6,12,15,19,21H,7-11H2,1-2H3/t15-/m1/s1. The van der Waals surface area contributed by atoms with Crippen molar-refractivity contribution in [3.63, 3.8) is 0 Å². The predicted molar refractivity (Wildman–Crippen MR) is 81.4 cm³/mol. The van der Waals surface area contributed by atoms with Gasteiger partial charge in [-0.25, -0.2) is 8.78 Å². The van der Waals surface area contributed by atoms with E-state index in [1.54, 1.807) is 29.2 Å². The number of ether oxygens (including phenoxy) is 1. The normalized spacial score (nSPS) is 18.5. The topological polar surface area (TPSA) is 44.7 Å². The van der Waals surface area contributed by atoms with Crippen LogP contribution in [0.4, 0.5) is 8.78 Å². The number of hydrogen-bond donors (Lipinski definition) is 2. The van der Waals surface area contributed by atoms with Gasteiger partial charge in [0.2, 0.25) is 0 Å². The molecule has 2 N–H and O–H groups in total. The molecule has 1 heterocycles. The quantitative estimate of drug-likeness (QED) is 0.843. The molecule has 0 amide bonds. The van der Waals surface area contributed by atoms with Gasteiger partial charge >= 0.3 is 0 Å². The molecule has 2 rings (SSSR count). The summed E-state index contributed by atoms with van der Waals surface area (Å²) in [7, 11) is 0. The van der Waals surface area contributed by atoms with E-state index < -0.39 is 18.6 Å². The van der Waals surface area contributed by atoms with Gasteiger partial charge in [-0.15, -0.1) is 0 Å². The van der Waals surface area contributed by atoms with Crippen LogP contribution in [-0.2, 0) is 0 Å². The highest BCUT2D eigenvalue weighted by Gasteiger charge is 2.45. The van der Waals surface area contributed by atoms with Gasteiger partial charge in [-0.2, -0.15) is 0 Å². The van der Waals surface area contributed by atoms with Crippen molar-refractivity contribution in [1.82, 2.24) is 10.2 Å². The van der Waals surface area contributed by atoms with E-state index in [0.29, 0.717) is 37.5 Å². The van der Waals surface area contributed by atoms with Crippen LogP contribution in [0, 0.1) is 0 Å². The molecule has 1 aliphatic heterocycles. The molecule has 4 nitrogen and oxygen atoms in total. The average Bonchev–Trinajstić information content (AvgIpc) is 2.49. The zero-order valence-corrected chi connectivity index (χ0v) is 13.1. The van der Waals surface area contributed by atoms with Crippen molar-refractivity contribution in [2.45, 2.75) is 31.9 Å². The average molecular weight is 314 g/mol. The summed E-state index contributed by atoms with van der Waals surface area (Å²) in [4.78, 5) is 1.72. The van der Waals surface area contributed by atoms with Crippen LogP contribution in [0.25, 0.3) is 0 Å². The van der Waals surface area contributed by atoms with E-state index in [0.717, 1.165) is 0 Å². The Morgan fingerprint density at radius 1 is 1.27 bits per heavy atom. The van der Waals surface area contributed by atoms with Crippen LogP contribution < -0.4 is 10.1 Å². The molecular formula is C16H24F2N2O2. The van der Waals surface area contributed by atoms with E-state index in [4.69, 9.17) is 4.74 Å². The second kappa shape index (κ2) is 7.35. The molecule has 0 bridgehead atoms. The minimum atomic E-state index is -3.23. The monoisotopic (exact) mass is 314 g/mol. The lowest BCUT2D eigenvalue weighted by Gasteiger charge is -2.39. The van der Waals surface area contributed by atoms with Crippen molar-refractivity contribution in [3.8, 4) is 5.75 Å². The van der Waals surface area contributed by atoms with Crippen LogP contribution in [-0.4, -0.2) is 54.8 Å². The van der Waals surface area contributed by atoms with Crippen molar-refractivity contribution in [1.29, 1.82) is 0 Å². The maximum Gasteiger partial charge on any atom is 0.290 e. The lowest BCUT2D eigenvalue weighted by Crippen LogP contribution is -2.51. The number of nitrogens with zero attached hydrogens (tertiary/aromatic N) is 1. The Balaban J connectivity index is 2.40. The van der Waals surface area contributed by atoms with Gasteiger partial charge in [0.15, 0.2) is 0 Å². The molecule has 6 heteroatoms. The number of aliphatic hydroxyl groups excluding tert-OH is 1. The van der Waals surface area contributed by atoms with Crippen LogP contribution in [0.1, 0.15) is 25.5 Å². The first-order chi connectivity index (χ1) is 10.5. The Morgan fingerprint density at radius 3 is 2.50 bits per heavy atom. The second-order valence-electron chi connectivity index (χ2n) is 5.81. The van der Waals surface area contributed by atoms with Crippen molar-refractivity contribution in [2.75, 3.05) is 32.8 Å². The SMILES string of the molecule is CC(C)Oc1ccccc1[C@@H](N1CCNCC1)C(F)(F)CO. The van der Waals surface area contributed by atoms with Gasteiger partial charge in [0, 0.05) is 31.7 Å². The number of piperazine rings is 1. The molecule has 0 unspecified atom stereocenters. The molecular weight excluding hydrogens is 290 g/mol. The third-order valence-electron chi connectivity index (χ3n) is 3.70. The summed E-state index contributed by atoms with van der Waals surface area (Å²) >= 11 is 0. The van der Waals surface area contributed by atoms with Crippen LogP contribution in [0.15, 0.2) is 24.3 Å². The van der Waals surface area contributed by atoms with E-state index in [-0.39, 0.29) is 6.10 Å². The number of benzene rings is 1. The molecule has 0 aromatic heterocycles. The predicted octanol–water partition coefficient (Wildman–Crippen LogP) is 2.05. The van der Waals surface area contributed by atoms with E-state index in [1.807, 2.05) is 13.8 Å². The van der Waals surface area contributed by atoms with Crippen molar-refractivity contribution in [3.05, 3.63) is 29.8 Å². The molecule has 124 valence electrons. The molecule has 1 atom stereocenters. The Labute approximate surface area is 130 Å². The van der Waals surface area contributed by atoms with Gasteiger partial charge in [-0.3, -0.25) is 4.90 Å². The van der Waals surface area contributed by atoms with Gasteiger partial charge < -0.3 is 15.2 Å². The van der Waals surface area contributed by atoms with Crippen LogP contribution in [0.3, 0.4) is 0 Å². The van der Waals surface area contributed by atoms with E-state index in [2.05, 4.69) is 5.32 Å². The molecule has 1 fully saturated rings. The van der Waals surface area contributed by atoms with Gasteiger partial charge in [0.05, 0.1) is 6.10 Å². The third-order valence-corrected chi connectivity index (χ3v) is 3.70. The molecule has 0 spiro atoms. The largest absolute Gasteiger partial charge is 0.491 e. The van der Waals surface area contributed by atoms with E-state index >= 15 is 0 Å². The number of rotatable bonds is 6. The zero-order valence-electron chi connectivity index (χ0n) is 13.1. The van der Waals surface area contributed by atoms with Crippen molar-refractivity contribution >= 4 is 0 Å². The number of para-hydroxylation sites is 1. The van der Waals surface area contributed by atoms with Crippen molar-refractivity contribution in [2.24, 2.45) is 0 Å². The fraction of sp³-hybridized carbons (Fsp3) is 0.625. The Hall–Kier alpha value is -1.24. The molecule has 1 aromatic rings. The summed E-state index contributed by atoms with van der Waals surface area (Å²) < 4.78 is 34.6. The molecule has 1 saturated heterocycles. The fourth-order valence-corrected chi connectivity index (χ4v) is 2.79. The zero-order chi connectivity index (χ0) is 16.2. The molecule has 1 aliphatic rings. The number of hydrogen-bond acceptors (Lipinski definition) is 4. The van der Waals surface area contributed by atoms with Crippen LogP contribution in [0.2, 0.25) is 0 Å². The summed E-state index contributed by atoms with van der Waals surface area (Å²) in [6.45, 7) is 4.88. The number of nitrogens with one attached hydrogen (secondary N) is 1. The summed E-state index contributed by atoms with van der Waals surface area (Å²) in [5.41, 5.74) is 0.428. The number of halogens is 2. The molecule has 22 heavy (non-hydrogen) atoms. The summed E-state index contributed by atoms with van der Waals surface area (Å²) in [6, 6.07) is 5.68. The Bertz CT molecular complexity index is 477. The Morgan fingerprint density at radius 2 is 1.91 bits per heavy atom. The molecule has 0 radical (unpaired) electrons. The molecule has 0 saturated carbocycles. The molecule has 1 aromatic carbocycles. The second-order valence-corrected chi connectivity index (χ2v) is 5.81. The number of alkyl halides is 2. The van der Waals surface area contributed by atoms with Crippen LogP contribution in [0.5, 0.6) is 5.75 Å². The Kier molecular flexibility index (Phi) is 5.72. The van der Waals surface area contributed by atoms with Gasteiger partial charge in [-0.1, -0.05) is 18.2 Å². The smallest absolute Gasteiger partial charge is 0.290 e. The summed E-state index contributed by atoms with van der Waals surface area (Å²) in [5.74, 6) is -2.78. The van der Waals surface area contributed by atoms with Gasteiger partial charge in [0.25, 0.3) is 5.92 Å². The van der Waals surface area contributed by atoms with Gasteiger partial charge in [-0.05, 0) is 19.9 Å². The fourth-order valence-electron chi connectivity index (χ4n) is 2.79. The lowest BCUT2D eigenvalue weighted by molar-refractivity contribution is -0.119. The first kappa shape index (κ1) is 17.1. The maximum atomic E-state index is 14.4. The van der Waals surface area contributed by atoms with E-state index in [9.17, 15) is 13.9 Å². The molecule has 0 aliphatic carbocycles. The lowest BCUT2D eigenvalue weighted by atomic mass is 9.97. The highest BCUT2D eigenvalue weighted by molar-refractivity contribution is 5.37. The van der Waals surface area contributed by atoms with Gasteiger partial charge in [0.1, 0.15) is 18.4 Å². The highest BCUT2D eigenvalue weighted by Crippen LogP contribution is 2.40. The van der Waals surface area contributed by atoms with Crippen molar-refractivity contribution < 1.29 is 18.6 Å². The highest BCUT2D eigenvalue weighted by atomic mass is 19.3. The number of aliphatic hydroxyl groups is 1. The first-order valence-electron chi connectivity index (χ1n) is 7.64.